The Labute approximate surface area is 195 Å². The second-order valence-corrected chi connectivity index (χ2v) is 8.44. The van der Waals surface area contributed by atoms with Crippen LogP contribution >= 0.6 is 0 Å². The van der Waals surface area contributed by atoms with Gasteiger partial charge in [-0.2, -0.15) is 0 Å². The third-order valence-corrected chi connectivity index (χ3v) is 5.57. The van der Waals surface area contributed by atoms with E-state index in [1.165, 1.54) is 0 Å². The van der Waals surface area contributed by atoms with Gasteiger partial charge in [0, 0.05) is 29.2 Å². The van der Waals surface area contributed by atoms with Crippen molar-refractivity contribution < 1.29 is 23.4 Å². The van der Waals surface area contributed by atoms with Gasteiger partial charge in [0.1, 0.15) is 0 Å². The van der Waals surface area contributed by atoms with E-state index in [0.29, 0.717) is 18.4 Å². The normalized spacial score (nSPS) is 12.8. The highest BCUT2D eigenvalue weighted by Gasteiger charge is 2.14. The highest BCUT2D eigenvalue weighted by atomic mass is 19.2. The Kier molecular flexibility index (Phi) is 11.0. The zero-order chi connectivity index (χ0) is 24.2. The number of benzene rings is 2. The molecule has 0 aliphatic heterocycles. The largest absolute Gasteiger partial charge is 0.462 e. The molecule has 0 aromatic heterocycles. The van der Waals surface area contributed by atoms with Crippen LogP contribution in [0.25, 0.3) is 11.7 Å². The Morgan fingerprint density at radius 2 is 1.45 bits per heavy atom. The molecule has 0 spiro atoms. The van der Waals surface area contributed by atoms with Crippen LogP contribution in [-0.4, -0.2) is 24.3 Å². The predicted octanol–water partition coefficient (Wildman–Crippen LogP) is 6.84. The summed E-state index contributed by atoms with van der Waals surface area (Å²) in [6, 6.07) is 13.6. The molecule has 0 aliphatic rings. The van der Waals surface area contributed by atoms with E-state index < -0.39 is 17.6 Å². The third kappa shape index (κ3) is 8.58. The third-order valence-electron chi connectivity index (χ3n) is 5.57. The van der Waals surface area contributed by atoms with Crippen LogP contribution in [0.4, 0.5) is 8.78 Å². The average molecular weight is 457 g/mol. The Morgan fingerprint density at radius 1 is 0.939 bits per heavy atom. The number of esters is 1. The number of aliphatic hydroxyl groups excluding tert-OH is 1. The molecular weight excluding hydrogens is 422 g/mol. The number of halogens is 2. The number of rotatable bonds is 13. The Hall–Kier alpha value is -2.79. The smallest absolute Gasteiger partial charge is 0.333 e. The number of ether oxygens (including phenoxy) is 1. The molecule has 2 aromatic rings. The van der Waals surface area contributed by atoms with Crippen molar-refractivity contribution in [2.75, 3.05) is 13.2 Å². The lowest BCUT2D eigenvalue weighted by atomic mass is 9.99. The van der Waals surface area contributed by atoms with Crippen LogP contribution in [0.2, 0.25) is 0 Å². The summed E-state index contributed by atoms with van der Waals surface area (Å²) in [7, 11) is 0. The lowest BCUT2D eigenvalue weighted by Gasteiger charge is -2.14. The number of aliphatic hydroxyl groups is 1. The van der Waals surface area contributed by atoms with Crippen LogP contribution in [0.3, 0.4) is 0 Å². The first-order valence-corrected chi connectivity index (χ1v) is 11.5. The zero-order valence-corrected chi connectivity index (χ0v) is 19.6. The van der Waals surface area contributed by atoms with Crippen LogP contribution < -0.4 is 0 Å². The Morgan fingerprint density at radius 3 is 1.91 bits per heavy atom. The van der Waals surface area contributed by atoms with E-state index in [2.05, 4.69) is 13.5 Å². The van der Waals surface area contributed by atoms with Crippen molar-refractivity contribution in [3.63, 3.8) is 0 Å². The molecule has 0 fully saturated rings. The van der Waals surface area contributed by atoms with Crippen LogP contribution in [0, 0.1) is 5.92 Å². The van der Waals surface area contributed by atoms with Crippen molar-refractivity contribution in [3.05, 3.63) is 82.9 Å². The van der Waals surface area contributed by atoms with Crippen molar-refractivity contribution in [1.29, 1.82) is 0 Å². The molecule has 1 unspecified atom stereocenters. The van der Waals surface area contributed by atoms with E-state index in [-0.39, 0.29) is 30.3 Å². The first-order chi connectivity index (χ1) is 15.8. The van der Waals surface area contributed by atoms with Crippen LogP contribution in [0.1, 0.15) is 61.8 Å². The molecule has 0 aliphatic carbocycles. The van der Waals surface area contributed by atoms with Gasteiger partial charge < -0.3 is 9.84 Å². The SMILES string of the molecule is C=C(C)C(=O)OCC(CO)CCc1ccc(/C(F)=C(\F)c2ccc(CCCCC)cc2)cc1. The molecule has 0 saturated heterocycles. The highest BCUT2D eigenvalue weighted by molar-refractivity contribution is 5.87. The average Bonchev–Trinajstić information content (AvgIpc) is 2.84. The first-order valence-electron chi connectivity index (χ1n) is 11.5. The molecule has 1 N–H and O–H groups in total. The second-order valence-electron chi connectivity index (χ2n) is 8.44. The molecule has 0 amide bonds. The minimum Gasteiger partial charge on any atom is -0.462 e. The Bertz CT molecular complexity index is 931. The standard InChI is InChI=1S/C28H34F2O3/c1-4-5-6-7-21-10-14-24(15-11-21)26(29)27(30)25-16-12-22(13-17-25)8-9-23(18-31)19-33-28(32)20(2)3/h10-17,23,31H,2,4-9,18-19H2,1,3H3/b27-26+. The summed E-state index contributed by atoms with van der Waals surface area (Å²) in [5.41, 5.74) is 2.77. The van der Waals surface area contributed by atoms with Gasteiger partial charge in [-0.1, -0.05) is 74.9 Å². The maximum atomic E-state index is 14.7. The Balaban J connectivity index is 1.96. The van der Waals surface area contributed by atoms with Gasteiger partial charge in [0.25, 0.3) is 0 Å². The number of aryl methyl sites for hydroxylation is 2. The topological polar surface area (TPSA) is 46.5 Å². The van der Waals surface area contributed by atoms with E-state index in [9.17, 15) is 18.7 Å². The predicted molar refractivity (Wildman–Crippen MR) is 130 cm³/mol. The van der Waals surface area contributed by atoms with Crippen molar-refractivity contribution in [2.24, 2.45) is 5.92 Å². The molecule has 2 aromatic carbocycles. The quantitative estimate of drug-likeness (QED) is 0.155. The summed E-state index contributed by atoms with van der Waals surface area (Å²) in [5, 5.41) is 9.50. The molecule has 0 saturated carbocycles. The van der Waals surface area contributed by atoms with Crippen molar-refractivity contribution in [3.8, 4) is 0 Å². The van der Waals surface area contributed by atoms with Crippen molar-refractivity contribution in [1.82, 2.24) is 0 Å². The minimum absolute atomic E-state index is 0.110. The lowest BCUT2D eigenvalue weighted by molar-refractivity contribution is -0.140. The maximum absolute atomic E-state index is 14.7. The van der Waals surface area contributed by atoms with E-state index in [1.807, 2.05) is 12.1 Å². The van der Waals surface area contributed by atoms with Gasteiger partial charge in [-0.15, -0.1) is 0 Å². The van der Waals surface area contributed by atoms with Crippen LogP contribution in [0.15, 0.2) is 60.7 Å². The summed E-state index contributed by atoms with van der Waals surface area (Å²) in [6.07, 6.45) is 5.54. The van der Waals surface area contributed by atoms with Gasteiger partial charge in [-0.25, -0.2) is 13.6 Å². The molecule has 0 radical (unpaired) electrons. The van der Waals surface area contributed by atoms with E-state index in [4.69, 9.17) is 4.74 Å². The maximum Gasteiger partial charge on any atom is 0.333 e. The first kappa shape index (κ1) is 26.5. The van der Waals surface area contributed by atoms with Gasteiger partial charge >= 0.3 is 5.97 Å². The highest BCUT2D eigenvalue weighted by Crippen LogP contribution is 2.29. The number of carbonyl (C=O) groups excluding carboxylic acids is 1. The molecule has 5 heteroatoms. The number of carbonyl (C=O) groups is 1. The van der Waals surface area contributed by atoms with Gasteiger partial charge in [-0.05, 0) is 43.7 Å². The molecule has 178 valence electrons. The summed E-state index contributed by atoms with van der Waals surface area (Å²) in [6.45, 7) is 7.24. The fraction of sp³-hybridized carbons (Fsp3) is 0.393. The van der Waals surface area contributed by atoms with Crippen LogP contribution in [-0.2, 0) is 22.4 Å². The summed E-state index contributed by atoms with van der Waals surface area (Å²) < 4.78 is 34.5. The molecule has 0 heterocycles. The molecule has 0 bridgehead atoms. The monoisotopic (exact) mass is 456 g/mol. The van der Waals surface area contributed by atoms with Gasteiger partial charge in [0.05, 0.1) is 6.61 Å². The molecule has 33 heavy (non-hydrogen) atoms. The number of unbranched alkanes of at least 4 members (excludes halogenated alkanes) is 2. The molecular formula is C28H34F2O3. The summed E-state index contributed by atoms with van der Waals surface area (Å²) in [4.78, 5) is 11.5. The fourth-order valence-electron chi connectivity index (χ4n) is 3.38. The van der Waals surface area contributed by atoms with Crippen molar-refractivity contribution >= 4 is 17.6 Å². The summed E-state index contributed by atoms with van der Waals surface area (Å²) >= 11 is 0. The van der Waals surface area contributed by atoms with Crippen molar-refractivity contribution in [2.45, 2.75) is 52.4 Å². The van der Waals surface area contributed by atoms with E-state index in [1.54, 1.807) is 43.3 Å². The zero-order valence-electron chi connectivity index (χ0n) is 19.6. The number of hydrogen-bond donors (Lipinski definition) is 1. The van der Waals surface area contributed by atoms with Gasteiger partial charge in [-0.3, -0.25) is 0 Å². The van der Waals surface area contributed by atoms with Gasteiger partial charge in [0.15, 0.2) is 11.7 Å². The number of hydrogen-bond acceptors (Lipinski definition) is 3. The van der Waals surface area contributed by atoms with Gasteiger partial charge in [0.2, 0.25) is 0 Å². The second kappa shape index (κ2) is 13.7. The summed E-state index contributed by atoms with van der Waals surface area (Å²) in [5.74, 6) is -2.44. The molecule has 3 nitrogen and oxygen atoms in total. The fourth-order valence-corrected chi connectivity index (χ4v) is 3.38. The van der Waals surface area contributed by atoms with Crippen LogP contribution in [0.5, 0.6) is 0 Å². The minimum atomic E-state index is -0.889. The van der Waals surface area contributed by atoms with E-state index in [0.717, 1.165) is 36.8 Å². The molecule has 1 atom stereocenters. The lowest BCUT2D eigenvalue weighted by Crippen LogP contribution is -2.18. The molecule has 2 rings (SSSR count). The van der Waals surface area contributed by atoms with E-state index >= 15 is 0 Å².